The van der Waals surface area contributed by atoms with Gasteiger partial charge in [0.25, 0.3) is 0 Å². The number of carbonyl (C=O) groups excluding carboxylic acids is 1. The summed E-state index contributed by atoms with van der Waals surface area (Å²) in [6.45, 7) is 1.73. The van der Waals surface area contributed by atoms with Gasteiger partial charge < -0.3 is 5.32 Å². The van der Waals surface area contributed by atoms with Gasteiger partial charge >= 0.3 is 6.18 Å². The van der Waals surface area contributed by atoms with Crippen molar-refractivity contribution in [3.05, 3.63) is 34.3 Å². The second kappa shape index (κ2) is 6.22. The molecular formula is C12H13BrF3NO. The Hall–Kier alpha value is -1.04. The molecule has 0 spiro atoms. The number of halogens is 4. The number of amides is 1. The zero-order valence-corrected chi connectivity index (χ0v) is 11.3. The van der Waals surface area contributed by atoms with Crippen LogP contribution in [0, 0.1) is 0 Å². The van der Waals surface area contributed by atoms with E-state index in [0.717, 1.165) is 10.0 Å². The molecule has 0 aliphatic rings. The summed E-state index contributed by atoms with van der Waals surface area (Å²) in [5.74, 6) is -0.597. The predicted molar refractivity (Wildman–Crippen MR) is 66.0 cm³/mol. The third-order valence-electron chi connectivity index (χ3n) is 2.36. The Kier molecular flexibility index (Phi) is 5.19. The maximum Gasteiger partial charge on any atom is 0.389 e. The standard InChI is InChI=1S/C12H13BrF3NO/c1-8(9-3-2-4-10(13)7-9)17-11(18)5-6-12(14,15)16/h2-4,7-8H,5-6H2,1H3,(H,17,18). The fourth-order valence-corrected chi connectivity index (χ4v) is 1.85. The van der Waals surface area contributed by atoms with Crippen LogP contribution >= 0.6 is 15.9 Å². The van der Waals surface area contributed by atoms with Crippen LogP contribution in [0.4, 0.5) is 13.2 Å². The first-order valence-electron chi connectivity index (χ1n) is 5.39. The molecule has 1 N–H and O–H groups in total. The Balaban J connectivity index is 2.50. The minimum absolute atomic E-state index is 0.316. The summed E-state index contributed by atoms with van der Waals surface area (Å²) in [5.41, 5.74) is 0.838. The summed E-state index contributed by atoms with van der Waals surface area (Å²) in [6, 6.07) is 6.94. The van der Waals surface area contributed by atoms with Gasteiger partial charge in [0.05, 0.1) is 12.5 Å². The van der Waals surface area contributed by atoms with Crippen molar-refractivity contribution >= 4 is 21.8 Å². The fraction of sp³-hybridized carbons (Fsp3) is 0.417. The van der Waals surface area contributed by atoms with E-state index in [-0.39, 0.29) is 6.04 Å². The zero-order chi connectivity index (χ0) is 13.8. The molecule has 1 atom stereocenters. The second-order valence-electron chi connectivity index (χ2n) is 3.96. The molecule has 1 unspecified atom stereocenters. The van der Waals surface area contributed by atoms with Crippen molar-refractivity contribution in [1.82, 2.24) is 5.32 Å². The quantitative estimate of drug-likeness (QED) is 0.892. The summed E-state index contributed by atoms with van der Waals surface area (Å²) in [5, 5.41) is 2.54. The monoisotopic (exact) mass is 323 g/mol. The van der Waals surface area contributed by atoms with Gasteiger partial charge in [0.2, 0.25) is 5.91 Å². The van der Waals surface area contributed by atoms with Crippen molar-refractivity contribution < 1.29 is 18.0 Å². The van der Waals surface area contributed by atoms with E-state index in [2.05, 4.69) is 21.2 Å². The van der Waals surface area contributed by atoms with Gasteiger partial charge in [-0.1, -0.05) is 28.1 Å². The van der Waals surface area contributed by atoms with Gasteiger partial charge in [-0.25, -0.2) is 0 Å². The molecule has 0 heterocycles. The lowest BCUT2D eigenvalue weighted by Crippen LogP contribution is -2.27. The third-order valence-corrected chi connectivity index (χ3v) is 2.85. The highest BCUT2D eigenvalue weighted by atomic mass is 79.9. The normalized spacial score (nSPS) is 13.2. The first kappa shape index (κ1) is 15.0. The topological polar surface area (TPSA) is 29.1 Å². The van der Waals surface area contributed by atoms with Crippen LogP contribution in [0.5, 0.6) is 0 Å². The number of alkyl halides is 3. The molecule has 0 saturated heterocycles. The van der Waals surface area contributed by atoms with Gasteiger partial charge in [-0.3, -0.25) is 4.79 Å². The van der Waals surface area contributed by atoms with Gasteiger partial charge in [-0.15, -0.1) is 0 Å². The Morgan fingerprint density at radius 1 is 1.44 bits per heavy atom. The van der Waals surface area contributed by atoms with E-state index in [1.165, 1.54) is 0 Å². The number of benzene rings is 1. The minimum Gasteiger partial charge on any atom is -0.350 e. The first-order valence-corrected chi connectivity index (χ1v) is 6.19. The number of hydrogen-bond acceptors (Lipinski definition) is 1. The van der Waals surface area contributed by atoms with Crippen LogP contribution in [0.3, 0.4) is 0 Å². The van der Waals surface area contributed by atoms with Gasteiger partial charge in [0.1, 0.15) is 0 Å². The summed E-state index contributed by atoms with van der Waals surface area (Å²) in [4.78, 5) is 11.3. The SMILES string of the molecule is CC(NC(=O)CCC(F)(F)F)c1cccc(Br)c1. The van der Waals surface area contributed by atoms with E-state index < -0.39 is 24.9 Å². The smallest absolute Gasteiger partial charge is 0.350 e. The lowest BCUT2D eigenvalue weighted by atomic mass is 10.1. The molecule has 100 valence electrons. The van der Waals surface area contributed by atoms with Crippen LogP contribution in [0.15, 0.2) is 28.7 Å². The van der Waals surface area contributed by atoms with Crippen LogP contribution in [0.25, 0.3) is 0 Å². The number of hydrogen-bond donors (Lipinski definition) is 1. The molecule has 0 fully saturated rings. The van der Waals surface area contributed by atoms with Gasteiger partial charge in [-0.2, -0.15) is 13.2 Å². The fourth-order valence-electron chi connectivity index (χ4n) is 1.43. The second-order valence-corrected chi connectivity index (χ2v) is 4.88. The summed E-state index contributed by atoms with van der Waals surface area (Å²) in [6.07, 6.45) is -5.93. The molecule has 2 nitrogen and oxygen atoms in total. The molecule has 0 radical (unpaired) electrons. The van der Waals surface area contributed by atoms with Crippen molar-refractivity contribution in [1.29, 1.82) is 0 Å². The van der Waals surface area contributed by atoms with Crippen molar-refractivity contribution in [2.45, 2.75) is 32.0 Å². The van der Waals surface area contributed by atoms with Gasteiger partial charge in [0.15, 0.2) is 0 Å². The van der Waals surface area contributed by atoms with Crippen LogP contribution in [-0.4, -0.2) is 12.1 Å². The Morgan fingerprint density at radius 2 is 2.11 bits per heavy atom. The maximum absolute atomic E-state index is 11.9. The largest absolute Gasteiger partial charge is 0.389 e. The minimum atomic E-state index is -4.30. The molecule has 0 aliphatic carbocycles. The summed E-state index contributed by atoms with van der Waals surface area (Å²) < 4.78 is 36.7. The number of carbonyl (C=O) groups is 1. The molecule has 18 heavy (non-hydrogen) atoms. The predicted octanol–water partition coefficient (Wildman–Crippen LogP) is 3.97. The van der Waals surface area contributed by atoms with Crippen LogP contribution in [-0.2, 0) is 4.79 Å². The maximum atomic E-state index is 11.9. The van der Waals surface area contributed by atoms with E-state index in [1.807, 2.05) is 12.1 Å². The van der Waals surface area contributed by atoms with Gasteiger partial charge in [-0.05, 0) is 24.6 Å². The summed E-state index contributed by atoms with van der Waals surface area (Å²) >= 11 is 3.29. The van der Waals surface area contributed by atoms with Crippen LogP contribution < -0.4 is 5.32 Å². The number of rotatable bonds is 4. The molecule has 1 aromatic rings. The Bertz CT molecular complexity index is 420. The molecule has 0 aromatic heterocycles. The molecule has 1 aromatic carbocycles. The van der Waals surface area contributed by atoms with Crippen molar-refractivity contribution in [3.63, 3.8) is 0 Å². The lowest BCUT2D eigenvalue weighted by molar-refractivity contribution is -0.144. The van der Waals surface area contributed by atoms with E-state index >= 15 is 0 Å². The highest BCUT2D eigenvalue weighted by Crippen LogP contribution is 2.22. The third kappa shape index (κ3) is 5.53. The Labute approximate surface area is 112 Å². The molecule has 0 aliphatic heterocycles. The van der Waals surface area contributed by atoms with E-state index in [1.54, 1.807) is 19.1 Å². The van der Waals surface area contributed by atoms with E-state index in [9.17, 15) is 18.0 Å². The lowest BCUT2D eigenvalue weighted by Gasteiger charge is -2.15. The van der Waals surface area contributed by atoms with Crippen LogP contribution in [0.2, 0.25) is 0 Å². The first-order chi connectivity index (χ1) is 8.28. The van der Waals surface area contributed by atoms with Crippen molar-refractivity contribution in [3.8, 4) is 0 Å². The van der Waals surface area contributed by atoms with E-state index in [0.29, 0.717) is 0 Å². The molecule has 1 rings (SSSR count). The van der Waals surface area contributed by atoms with E-state index in [4.69, 9.17) is 0 Å². The van der Waals surface area contributed by atoms with Gasteiger partial charge in [0, 0.05) is 10.9 Å². The molecule has 0 bridgehead atoms. The Morgan fingerprint density at radius 3 is 2.67 bits per heavy atom. The number of nitrogens with one attached hydrogen (secondary N) is 1. The highest BCUT2D eigenvalue weighted by molar-refractivity contribution is 9.10. The molecule has 6 heteroatoms. The van der Waals surface area contributed by atoms with Crippen LogP contribution in [0.1, 0.15) is 31.4 Å². The summed E-state index contributed by atoms with van der Waals surface area (Å²) in [7, 11) is 0. The van der Waals surface area contributed by atoms with Crippen molar-refractivity contribution in [2.24, 2.45) is 0 Å². The zero-order valence-electron chi connectivity index (χ0n) is 9.72. The molecule has 1 amide bonds. The molecule has 0 saturated carbocycles. The molecular weight excluding hydrogens is 311 g/mol. The highest BCUT2D eigenvalue weighted by Gasteiger charge is 2.28. The van der Waals surface area contributed by atoms with Crippen molar-refractivity contribution in [2.75, 3.05) is 0 Å². The average Bonchev–Trinajstić information content (AvgIpc) is 2.25. The average molecular weight is 324 g/mol.